The van der Waals surface area contributed by atoms with Crippen LogP contribution < -0.4 is 20.9 Å². The maximum absolute atomic E-state index is 12.4. The number of benzene rings is 2. The van der Waals surface area contributed by atoms with E-state index in [1.165, 1.54) is 5.56 Å². The first-order chi connectivity index (χ1) is 13.4. The second kappa shape index (κ2) is 10.3. The quantitative estimate of drug-likeness (QED) is 0.651. The van der Waals surface area contributed by atoms with E-state index in [4.69, 9.17) is 0 Å². The highest BCUT2D eigenvalue weighted by Gasteiger charge is 2.18. The fraction of sp³-hybridized carbons (Fsp3) is 0.364. The molecule has 0 heterocycles. The van der Waals surface area contributed by atoms with Crippen LogP contribution in [0, 0.1) is 0 Å². The molecular formula is C22H30N4O2. The summed E-state index contributed by atoms with van der Waals surface area (Å²) in [7, 11) is 1.98. The minimum absolute atomic E-state index is 0.0761. The zero-order valence-corrected chi connectivity index (χ0v) is 17.0. The molecule has 2 rings (SSSR count). The van der Waals surface area contributed by atoms with E-state index in [0.717, 1.165) is 18.7 Å². The van der Waals surface area contributed by atoms with E-state index >= 15 is 0 Å². The van der Waals surface area contributed by atoms with Crippen molar-refractivity contribution in [1.82, 2.24) is 10.6 Å². The van der Waals surface area contributed by atoms with Crippen molar-refractivity contribution >= 4 is 23.3 Å². The van der Waals surface area contributed by atoms with Gasteiger partial charge in [0.1, 0.15) is 6.04 Å². The van der Waals surface area contributed by atoms with Gasteiger partial charge in [-0.25, -0.2) is 4.79 Å². The number of hydrogen-bond acceptors (Lipinski definition) is 3. The van der Waals surface area contributed by atoms with Gasteiger partial charge in [-0.05, 0) is 38.0 Å². The molecule has 0 spiro atoms. The number of hydrogen-bond donors (Lipinski definition) is 3. The molecule has 3 amide bonds. The number of para-hydroxylation sites is 2. The number of carbonyl (C=O) groups excluding carboxylic acids is 2. The molecule has 0 saturated heterocycles. The van der Waals surface area contributed by atoms with Crippen molar-refractivity contribution in [3.8, 4) is 0 Å². The highest BCUT2D eigenvalue weighted by molar-refractivity contribution is 5.96. The Morgan fingerprint density at radius 3 is 2.29 bits per heavy atom. The fourth-order valence-electron chi connectivity index (χ4n) is 2.75. The number of rotatable bonds is 8. The number of carbonyl (C=O) groups is 2. The summed E-state index contributed by atoms with van der Waals surface area (Å²) < 4.78 is 0. The molecule has 28 heavy (non-hydrogen) atoms. The molecule has 0 aliphatic heterocycles. The third-order valence-corrected chi connectivity index (χ3v) is 4.57. The second-order valence-electron chi connectivity index (χ2n) is 7.00. The van der Waals surface area contributed by atoms with E-state index in [-0.39, 0.29) is 11.9 Å². The van der Waals surface area contributed by atoms with Crippen molar-refractivity contribution in [1.29, 1.82) is 0 Å². The molecule has 2 unspecified atom stereocenters. The van der Waals surface area contributed by atoms with Crippen LogP contribution in [0.15, 0.2) is 54.6 Å². The zero-order chi connectivity index (χ0) is 20.5. The Kier molecular flexibility index (Phi) is 7.87. The fourth-order valence-corrected chi connectivity index (χ4v) is 2.75. The van der Waals surface area contributed by atoms with Crippen molar-refractivity contribution in [2.24, 2.45) is 0 Å². The Morgan fingerprint density at radius 2 is 1.61 bits per heavy atom. The van der Waals surface area contributed by atoms with Crippen LogP contribution in [0.3, 0.4) is 0 Å². The molecule has 2 aromatic rings. The van der Waals surface area contributed by atoms with Crippen LogP contribution in [-0.4, -0.2) is 31.1 Å². The predicted molar refractivity (Wildman–Crippen MR) is 115 cm³/mol. The molecule has 0 bridgehead atoms. The third-order valence-electron chi connectivity index (χ3n) is 4.57. The summed E-state index contributed by atoms with van der Waals surface area (Å²) in [6.07, 6.45) is 0.839. The SMILES string of the molecule is CCC(C)NC(=O)C(C)NC(=O)Nc1ccccc1N(C)Cc1ccccc1. The third kappa shape index (κ3) is 6.30. The summed E-state index contributed by atoms with van der Waals surface area (Å²) in [4.78, 5) is 26.6. The van der Waals surface area contributed by atoms with Crippen LogP contribution in [0.5, 0.6) is 0 Å². The smallest absolute Gasteiger partial charge is 0.319 e. The van der Waals surface area contributed by atoms with Gasteiger partial charge in [0.2, 0.25) is 5.91 Å². The van der Waals surface area contributed by atoms with Crippen LogP contribution in [-0.2, 0) is 11.3 Å². The van der Waals surface area contributed by atoms with Gasteiger partial charge in [0.15, 0.2) is 0 Å². The number of anilines is 2. The molecule has 2 aromatic carbocycles. The highest BCUT2D eigenvalue weighted by Crippen LogP contribution is 2.25. The molecule has 0 aliphatic rings. The number of amides is 3. The summed E-state index contributed by atoms with van der Waals surface area (Å²) >= 11 is 0. The van der Waals surface area contributed by atoms with E-state index in [9.17, 15) is 9.59 Å². The van der Waals surface area contributed by atoms with Gasteiger partial charge < -0.3 is 20.9 Å². The van der Waals surface area contributed by atoms with Crippen LogP contribution in [0.4, 0.5) is 16.2 Å². The van der Waals surface area contributed by atoms with E-state index in [2.05, 4.69) is 33.0 Å². The molecule has 0 aromatic heterocycles. The number of urea groups is 1. The van der Waals surface area contributed by atoms with Gasteiger partial charge in [0, 0.05) is 19.6 Å². The lowest BCUT2D eigenvalue weighted by molar-refractivity contribution is -0.123. The first-order valence-electron chi connectivity index (χ1n) is 9.62. The Morgan fingerprint density at radius 1 is 0.964 bits per heavy atom. The normalized spacial score (nSPS) is 12.6. The van der Waals surface area contributed by atoms with Crippen LogP contribution >= 0.6 is 0 Å². The summed E-state index contributed by atoms with van der Waals surface area (Å²) in [5.41, 5.74) is 2.77. The van der Waals surface area contributed by atoms with E-state index < -0.39 is 12.1 Å². The number of nitrogens with one attached hydrogen (secondary N) is 3. The molecule has 6 heteroatoms. The molecule has 150 valence electrons. The second-order valence-corrected chi connectivity index (χ2v) is 7.00. The molecule has 3 N–H and O–H groups in total. The van der Waals surface area contributed by atoms with E-state index in [1.54, 1.807) is 6.92 Å². The van der Waals surface area contributed by atoms with Crippen molar-refractivity contribution in [2.75, 3.05) is 17.3 Å². The lowest BCUT2D eigenvalue weighted by Crippen LogP contribution is -2.48. The summed E-state index contributed by atoms with van der Waals surface area (Å²) in [5.74, 6) is -0.195. The topological polar surface area (TPSA) is 73.5 Å². The Balaban J connectivity index is 2.00. The molecule has 2 atom stereocenters. The first-order valence-corrected chi connectivity index (χ1v) is 9.62. The minimum Gasteiger partial charge on any atom is -0.369 e. The van der Waals surface area contributed by atoms with Gasteiger partial charge in [0.25, 0.3) is 0 Å². The van der Waals surface area contributed by atoms with Crippen LogP contribution in [0.2, 0.25) is 0 Å². The minimum atomic E-state index is -0.622. The van der Waals surface area contributed by atoms with Gasteiger partial charge in [-0.2, -0.15) is 0 Å². The zero-order valence-electron chi connectivity index (χ0n) is 17.0. The lowest BCUT2D eigenvalue weighted by Gasteiger charge is -2.23. The van der Waals surface area contributed by atoms with Gasteiger partial charge >= 0.3 is 6.03 Å². The average Bonchev–Trinajstić information content (AvgIpc) is 2.68. The maximum Gasteiger partial charge on any atom is 0.319 e. The largest absolute Gasteiger partial charge is 0.369 e. The Bertz CT molecular complexity index is 779. The summed E-state index contributed by atoms with van der Waals surface area (Å²) in [6, 6.07) is 16.8. The van der Waals surface area contributed by atoms with Crippen LogP contribution in [0.1, 0.15) is 32.8 Å². The molecule has 0 radical (unpaired) electrons. The average molecular weight is 383 g/mol. The van der Waals surface area contributed by atoms with Crippen molar-refractivity contribution in [3.05, 3.63) is 60.2 Å². The Labute approximate surface area is 167 Å². The molecule has 0 aliphatic carbocycles. The monoisotopic (exact) mass is 382 g/mol. The molecular weight excluding hydrogens is 352 g/mol. The van der Waals surface area contributed by atoms with Gasteiger partial charge in [0.05, 0.1) is 11.4 Å². The summed E-state index contributed by atoms with van der Waals surface area (Å²) in [6.45, 7) is 6.32. The maximum atomic E-state index is 12.4. The van der Waals surface area contributed by atoms with Crippen molar-refractivity contribution < 1.29 is 9.59 Å². The lowest BCUT2D eigenvalue weighted by atomic mass is 10.2. The van der Waals surface area contributed by atoms with E-state index in [1.807, 2.05) is 63.4 Å². The number of nitrogens with zero attached hydrogens (tertiary/aromatic N) is 1. The Hall–Kier alpha value is -3.02. The van der Waals surface area contributed by atoms with E-state index in [0.29, 0.717) is 5.69 Å². The van der Waals surface area contributed by atoms with Crippen LogP contribution in [0.25, 0.3) is 0 Å². The van der Waals surface area contributed by atoms with Crippen molar-refractivity contribution in [3.63, 3.8) is 0 Å². The van der Waals surface area contributed by atoms with Gasteiger partial charge in [-0.15, -0.1) is 0 Å². The summed E-state index contributed by atoms with van der Waals surface area (Å²) in [5, 5.41) is 8.42. The molecule has 0 saturated carbocycles. The molecule has 6 nitrogen and oxygen atoms in total. The molecule has 0 fully saturated rings. The standard InChI is InChI=1S/C22H30N4O2/c1-5-16(2)23-21(27)17(3)24-22(28)25-19-13-9-10-14-20(19)26(4)15-18-11-7-6-8-12-18/h6-14,16-17H,5,15H2,1-4H3,(H,23,27)(H2,24,25,28). The highest BCUT2D eigenvalue weighted by atomic mass is 16.2. The predicted octanol–water partition coefficient (Wildman–Crippen LogP) is 3.75. The first kappa shape index (κ1) is 21.3. The van der Waals surface area contributed by atoms with Crippen molar-refractivity contribution in [2.45, 2.75) is 45.8 Å². The van der Waals surface area contributed by atoms with Gasteiger partial charge in [-0.3, -0.25) is 4.79 Å². The van der Waals surface area contributed by atoms with Gasteiger partial charge in [-0.1, -0.05) is 49.4 Å².